The van der Waals surface area contributed by atoms with Crippen molar-refractivity contribution < 1.29 is 9.53 Å². The zero-order valence-corrected chi connectivity index (χ0v) is 13.7. The molecule has 0 fully saturated rings. The highest BCUT2D eigenvalue weighted by Crippen LogP contribution is 2.34. The summed E-state index contributed by atoms with van der Waals surface area (Å²) in [6.45, 7) is 0. The molecular weight excluding hydrogens is 324 g/mol. The van der Waals surface area contributed by atoms with E-state index in [0.29, 0.717) is 10.7 Å². The third-order valence-corrected chi connectivity index (χ3v) is 4.29. The molecule has 4 nitrogen and oxygen atoms in total. The van der Waals surface area contributed by atoms with Crippen LogP contribution in [0.3, 0.4) is 0 Å². The molecule has 1 aliphatic rings. The fourth-order valence-corrected chi connectivity index (χ4v) is 2.87. The first-order valence-electron chi connectivity index (χ1n) is 7.44. The normalized spacial score (nSPS) is 19.9. The van der Waals surface area contributed by atoms with E-state index in [-0.39, 0.29) is 11.8 Å². The van der Waals surface area contributed by atoms with E-state index in [1.165, 1.54) is 0 Å². The predicted octanol–water partition coefficient (Wildman–Crippen LogP) is 3.74. The second-order valence-corrected chi connectivity index (χ2v) is 5.92. The summed E-state index contributed by atoms with van der Waals surface area (Å²) in [4.78, 5) is 12.4. The van der Waals surface area contributed by atoms with Gasteiger partial charge in [0.05, 0.1) is 13.2 Å². The summed E-state index contributed by atoms with van der Waals surface area (Å²) in [7, 11) is 1.60. The Labute approximate surface area is 145 Å². The van der Waals surface area contributed by atoms with Crippen molar-refractivity contribution in [1.29, 1.82) is 5.26 Å². The van der Waals surface area contributed by atoms with Crippen LogP contribution in [0.1, 0.15) is 17.0 Å². The predicted molar refractivity (Wildman–Crippen MR) is 92.4 cm³/mol. The molecule has 0 saturated carbocycles. The number of nitrogens with zero attached hydrogens (tertiary/aromatic N) is 1. The lowest BCUT2D eigenvalue weighted by atomic mass is 9.82. The van der Waals surface area contributed by atoms with Crippen LogP contribution >= 0.6 is 11.6 Å². The van der Waals surface area contributed by atoms with Crippen LogP contribution in [0.15, 0.2) is 54.6 Å². The quantitative estimate of drug-likeness (QED) is 0.927. The van der Waals surface area contributed by atoms with Gasteiger partial charge in [-0.3, -0.25) is 4.79 Å². The molecule has 3 rings (SSSR count). The standard InChI is InChI=1S/C19H15ClN2O2/c1-24-15-8-4-12(5-9-15)16-10-18(22-19(23)17(16)11-21)13-2-6-14(20)7-3-13/h2-10,16-17H,1H3,(H,22,23)/t16-,17-/m1/s1. The Morgan fingerprint density at radius 1 is 1.12 bits per heavy atom. The smallest absolute Gasteiger partial charge is 0.242 e. The van der Waals surface area contributed by atoms with Gasteiger partial charge in [0, 0.05) is 16.6 Å². The minimum absolute atomic E-state index is 0.300. The van der Waals surface area contributed by atoms with Crippen molar-refractivity contribution in [2.45, 2.75) is 5.92 Å². The summed E-state index contributed by atoms with van der Waals surface area (Å²) < 4.78 is 5.16. The van der Waals surface area contributed by atoms with Crippen molar-refractivity contribution in [3.05, 3.63) is 70.8 Å². The molecule has 2 aromatic rings. The summed E-state index contributed by atoms with van der Waals surface area (Å²) in [6.07, 6.45) is 1.92. The number of hydrogen-bond donors (Lipinski definition) is 1. The van der Waals surface area contributed by atoms with Crippen LogP contribution in [0.25, 0.3) is 5.70 Å². The van der Waals surface area contributed by atoms with Gasteiger partial charge in [-0.15, -0.1) is 0 Å². The van der Waals surface area contributed by atoms with Crippen molar-refractivity contribution in [1.82, 2.24) is 5.32 Å². The first-order valence-corrected chi connectivity index (χ1v) is 7.82. The Morgan fingerprint density at radius 2 is 1.79 bits per heavy atom. The molecule has 1 heterocycles. The van der Waals surface area contributed by atoms with E-state index in [0.717, 1.165) is 16.9 Å². The van der Waals surface area contributed by atoms with Gasteiger partial charge in [-0.25, -0.2) is 0 Å². The van der Waals surface area contributed by atoms with Gasteiger partial charge in [0.1, 0.15) is 11.7 Å². The second kappa shape index (κ2) is 6.77. The molecule has 0 bridgehead atoms. The third-order valence-electron chi connectivity index (χ3n) is 4.04. The van der Waals surface area contributed by atoms with E-state index in [1.54, 1.807) is 19.2 Å². The molecule has 0 radical (unpaired) electrons. The van der Waals surface area contributed by atoms with Gasteiger partial charge in [0.25, 0.3) is 0 Å². The number of benzene rings is 2. The van der Waals surface area contributed by atoms with Crippen molar-refractivity contribution in [2.75, 3.05) is 7.11 Å². The molecular formula is C19H15ClN2O2. The Morgan fingerprint density at radius 3 is 2.38 bits per heavy atom. The van der Waals surface area contributed by atoms with Gasteiger partial charge in [-0.2, -0.15) is 5.26 Å². The van der Waals surface area contributed by atoms with Crippen LogP contribution in [-0.2, 0) is 4.79 Å². The number of methoxy groups -OCH3 is 1. The monoisotopic (exact) mass is 338 g/mol. The van der Waals surface area contributed by atoms with E-state index in [4.69, 9.17) is 16.3 Å². The van der Waals surface area contributed by atoms with Crippen LogP contribution in [0.5, 0.6) is 5.75 Å². The lowest BCUT2D eigenvalue weighted by molar-refractivity contribution is -0.122. The summed E-state index contributed by atoms with van der Waals surface area (Å²) in [5, 5.41) is 12.8. The number of nitrogens with one attached hydrogen (secondary N) is 1. The maximum absolute atomic E-state index is 12.4. The molecule has 0 spiro atoms. The first-order chi connectivity index (χ1) is 11.6. The molecule has 0 aromatic heterocycles. The van der Waals surface area contributed by atoms with Gasteiger partial charge in [-0.1, -0.05) is 41.9 Å². The third kappa shape index (κ3) is 3.12. The van der Waals surface area contributed by atoms with Gasteiger partial charge < -0.3 is 10.1 Å². The van der Waals surface area contributed by atoms with Gasteiger partial charge in [0.15, 0.2) is 0 Å². The van der Waals surface area contributed by atoms with Crippen LogP contribution < -0.4 is 10.1 Å². The lowest BCUT2D eigenvalue weighted by Gasteiger charge is -2.26. The summed E-state index contributed by atoms with van der Waals surface area (Å²) in [6, 6.07) is 16.7. The van der Waals surface area contributed by atoms with E-state index in [2.05, 4.69) is 11.4 Å². The maximum Gasteiger partial charge on any atom is 0.242 e. The molecule has 1 N–H and O–H groups in total. The van der Waals surface area contributed by atoms with Crippen LogP contribution in [0.2, 0.25) is 5.02 Å². The number of halogens is 1. The zero-order valence-electron chi connectivity index (χ0n) is 13.0. The van der Waals surface area contributed by atoms with Crippen LogP contribution in [-0.4, -0.2) is 13.0 Å². The van der Waals surface area contributed by atoms with Gasteiger partial charge in [0.2, 0.25) is 5.91 Å². The number of carbonyl (C=O) groups excluding carboxylic acids is 1. The summed E-state index contributed by atoms with van der Waals surface area (Å²) >= 11 is 5.92. The van der Waals surface area contributed by atoms with Crippen molar-refractivity contribution in [2.24, 2.45) is 5.92 Å². The number of nitriles is 1. The van der Waals surface area contributed by atoms with Gasteiger partial charge >= 0.3 is 0 Å². The highest BCUT2D eigenvalue weighted by molar-refractivity contribution is 6.30. The number of carbonyl (C=O) groups is 1. The highest BCUT2D eigenvalue weighted by Gasteiger charge is 2.33. The number of rotatable bonds is 3. The largest absolute Gasteiger partial charge is 0.497 e. The van der Waals surface area contributed by atoms with E-state index in [9.17, 15) is 10.1 Å². The molecule has 2 aromatic carbocycles. The minimum atomic E-state index is -0.769. The molecule has 24 heavy (non-hydrogen) atoms. The van der Waals surface area contributed by atoms with Crippen molar-refractivity contribution >= 4 is 23.2 Å². The van der Waals surface area contributed by atoms with E-state index < -0.39 is 5.92 Å². The fraction of sp³-hybridized carbons (Fsp3) is 0.158. The molecule has 0 aliphatic carbocycles. The molecule has 1 amide bonds. The number of ether oxygens (including phenoxy) is 1. The van der Waals surface area contributed by atoms with Crippen molar-refractivity contribution in [3.8, 4) is 11.8 Å². The van der Waals surface area contributed by atoms with Crippen molar-refractivity contribution in [3.63, 3.8) is 0 Å². The summed E-state index contributed by atoms with van der Waals surface area (Å²) in [5.74, 6) is -0.657. The molecule has 120 valence electrons. The van der Waals surface area contributed by atoms with E-state index >= 15 is 0 Å². The van der Waals surface area contributed by atoms with Gasteiger partial charge in [-0.05, 0) is 35.4 Å². The topological polar surface area (TPSA) is 62.1 Å². The Balaban J connectivity index is 2.02. The Hall–Kier alpha value is -2.77. The van der Waals surface area contributed by atoms with Crippen LogP contribution in [0, 0.1) is 17.2 Å². The second-order valence-electron chi connectivity index (χ2n) is 5.48. The van der Waals surface area contributed by atoms with E-state index in [1.807, 2.05) is 42.5 Å². The molecule has 0 saturated heterocycles. The summed E-state index contributed by atoms with van der Waals surface area (Å²) in [5.41, 5.74) is 2.43. The molecule has 1 aliphatic heterocycles. The maximum atomic E-state index is 12.4. The Bertz CT molecular complexity index is 820. The average molecular weight is 339 g/mol. The zero-order chi connectivity index (χ0) is 17.1. The number of allylic oxidation sites excluding steroid dienone is 1. The average Bonchev–Trinajstić information content (AvgIpc) is 2.61. The van der Waals surface area contributed by atoms with Crippen LogP contribution in [0.4, 0.5) is 0 Å². The number of hydrogen-bond acceptors (Lipinski definition) is 3. The lowest BCUT2D eigenvalue weighted by Crippen LogP contribution is -2.36. The molecule has 5 heteroatoms. The SMILES string of the molecule is COc1ccc([C@H]2C=C(c3ccc(Cl)cc3)NC(=O)[C@@H]2C#N)cc1. The Kier molecular flexibility index (Phi) is 4.54. The number of amides is 1. The minimum Gasteiger partial charge on any atom is -0.497 e. The first kappa shape index (κ1) is 16.1. The fourth-order valence-electron chi connectivity index (χ4n) is 2.74. The molecule has 2 atom stereocenters. The highest BCUT2D eigenvalue weighted by atomic mass is 35.5. The molecule has 0 unspecified atom stereocenters.